The number of halogens is 2. The van der Waals surface area contributed by atoms with Gasteiger partial charge in [0.05, 0.1) is 6.54 Å². The van der Waals surface area contributed by atoms with Crippen molar-refractivity contribution in [3.05, 3.63) is 23.4 Å². The van der Waals surface area contributed by atoms with Crippen LogP contribution in [-0.4, -0.2) is 28.1 Å². The molecule has 6 heteroatoms. The Labute approximate surface area is 91.9 Å². The fourth-order valence-electron chi connectivity index (χ4n) is 1.74. The number of aromatic nitrogens is 2. The third-order valence-corrected chi connectivity index (χ3v) is 2.45. The van der Waals surface area contributed by atoms with E-state index in [1.54, 1.807) is 0 Å². The third-order valence-electron chi connectivity index (χ3n) is 2.45. The highest BCUT2D eigenvalue weighted by Gasteiger charge is 2.18. The Morgan fingerprint density at radius 1 is 1.56 bits per heavy atom. The number of hydrogen-bond donors (Lipinski definition) is 0. The Kier molecular flexibility index (Phi) is 3.28. The predicted molar refractivity (Wildman–Crippen MR) is 52.9 cm³/mol. The summed E-state index contributed by atoms with van der Waals surface area (Å²) in [5, 5.41) is 3.22. The van der Waals surface area contributed by atoms with Crippen molar-refractivity contribution in [1.29, 1.82) is 0 Å². The number of rotatable bonds is 3. The van der Waals surface area contributed by atoms with Crippen molar-refractivity contribution >= 4 is 0 Å². The molecule has 0 saturated carbocycles. The molecule has 0 atom stereocenters. The van der Waals surface area contributed by atoms with E-state index in [-0.39, 0.29) is 5.89 Å². The summed E-state index contributed by atoms with van der Waals surface area (Å²) in [6.45, 7) is 4.20. The van der Waals surface area contributed by atoms with Crippen LogP contribution in [0, 0.1) is 0 Å². The van der Waals surface area contributed by atoms with Gasteiger partial charge < -0.3 is 4.52 Å². The van der Waals surface area contributed by atoms with Gasteiger partial charge in [-0.05, 0) is 13.3 Å². The molecular weight excluding hydrogens is 216 g/mol. The van der Waals surface area contributed by atoms with Gasteiger partial charge in [0, 0.05) is 13.1 Å². The van der Waals surface area contributed by atoms with E-state index in [1.165, 1.54) is 5.57 Å². The molecule has 1 aliphatic heterocycles. The Hall–Kier alpha value is -1.30. The lowest BCUT2D eigenvalue weighted by atomic mass is 10.1. The summed E-state index contributed by atoms with van der Waals surface area (Å²) in [5.41, 5.74) is 1.28. The molecule has 0 unspecified atom stereocenters. The molecule has 0 radical (unpaired) electrons. The van der Waals surface area contributed by atoms with E-state index >= 15 is 0 Å². The van der Waals surface area contributed by atoms with Crippen LogP contribution < -0.4 is 0 Å². The second kappa shape index (κ2) is 4.69. The monoisotopic (exact) mass is 229 g/mol. The maximum Gasteiger partial charge on any atom is 0.300 e. The van der Waals surface area contributed by atoms with Crippen molar-refractivity contribution < 1.29 is 13.3 Å². The summed E-state index contributed by atoms with van der Waals surface area (Å²) >= 11 is 0. The number of nitrogens with zero attached hydrogens (tertiary/aromatic N) is 3. The maximum absolute atomic E-state index is 12.2. The Bertz CT molecular complexity index is 389. The van der Waals surface area contributed by atoms with E-state index in [4.69, 9.17) is 4.52 Å². The standard InChI is InChI=1S/C10H13F2N3O/c1-7-3-2-4-15(5-7)6-8-13-10(9(11)12)14-16-8/h3,9H,2,4-6H2,1H3. The van der Waals surface area contributed by atoms with Gasteiger partial charge in [-0.2, -0.15) is 4.98 Å². The van der Waals surface area contributed by atoms with E-state index in [0.29, 0.717) is 6.54 Å². The zero-order valence-corrected chi connectivity index (χ0v) is 8.99. The van der Waals surface area contributed by atoms with E-state index in [1.807, 2.05) is 6.92 Å². The molecule has 0 N–H and O–H groups in total. The second-order valence-electron chi connectivity index (χ2n) is 3.90. The minimum Gasteiger partial charge on any atom is -0.338 e. The SMILES string of the molecule is CC1=CCCN(Cc2nc(C(F)F)no2)C1. The van der Waals surface area contributed by atoms with Gasteiger partial charge in [-0.15, -0.1) is 0 Å². The summed E-state index contributed by atoms with van der Waals surface area (Å²) in [4.78, 5) is 5.74. The molecule has 2 heterocycles. The van der Waals surface area contributed by atoms with Crippen molar-refractivity contribution in [2.75, 3.05) is 13.1 Å². The Balaban J connectivity index is 1.96. The largest absolute Gasteiger partial charge is 0.338 e. The van der Waals surface area contributed by atoms with Gasteiger partial charge in [0.25, 0.3) is 0 Å². The molecule has 0 fully saturated rings. The fourth-order valence-corrected chi connectivity index (χ4v) is 1.74. The van der Waals surface area contributed by atoms with Gasteiger partial charge >= 0.3 is 6.43 Å². The first-order chi connectivity index (χ1) is 7.65. The molecule has 0 bridgehead atoms. The first kappa shape index (κ1) is 11.2. The van der Waals surface area contributed by atoms with Crippen molar-refractivity contribution in [2.24, 2.45) is 0 Å². The zero-order chi connectivity index (χ0) is 11.5. The highest BCUT2D eigenvalue weighted by atomic mass is 19.3. The van der Waals surface area contributed by atoms with Gasteiger partial charge in [-0.3, -0.25) is 4.90 Å². The molecule has 4 nitrogen and oxygen atoms in total. The van der Waals surface area contributed by atoms with Crippen molar-refractivity contribution in [3.63, 3.8) is 0 Å². The zero-order valence-electron chi connectivity index (χ0n) is 8.99. The average Bonchev–Trinajstić information content (AvgIpc) is 2.66. The average molecular weight is 229 g/mol. The summed E-state index contributed by atoms with van der Waals surface area (Å²) in [6, 6.07) is 0. The maximum atomic E-state index is 12.2. The molecule has 1 aliphatic rings. The lowest BCUT2D eigenvalue weighted by Gasteiger charge is -2.23. The van der Waals surface area contributed by atoms with E-state index in [0.717, 1.165) is 19.5 Å². The minimum absolute atomic E-state index is 0.255. The second-order valence-corrected chi connectivity index (χ2v) is 3.90. The molecule has 0 saturated heterocycles. The lowest BCUT2D eigenvalue weighted by Crippen LogP contribution is -2.28. The summed E-state index contributed by atoms with van der Waals surface area (Å²) in [7, 11) is 0. The topological polar surface area (TPSA) is 42.2 Å². The Morgan fingerprint density at radius 3 is 3.00 bits per heavy atom. The van der Waals surface area contributed by atoms with Crippen LogP contribution in [-0.2, 0) is 6.54 Å². The molecule has 2 rings (SSSR count). The molecular formula is C10H13F2N3O. The number of alkyl halides is 2. The first-order valence-corrected chi connectivity index (χ1v) is 5.14. The summed E-state index contributed by atoms with van der Waals surface area (Å²) in [5.74, 6) is -0.274. The van der Waals surface area contributed by atoms with E-state index in [2.05, 4.69) is 21.1 Å². The van der Waals surface area contributed by atoms with Crippen LogP contribution in [0.5, 0.6) is 0 Å². The molecule has 1 aromatic heterocycles. The molecule has 0 spiro atoms. The molecule has 0 aliphatic carbocycles. The Morgan fingerprint density at radius 2 is 2.38 bits per heavy atom. The van der Waals surface area contributed by atoms with Crippen LogP contribution in [0.15, 0.2) is 16.2 Å². The van der Waals surface area contributed by atoms with Crippen LogP contribution in [0.2, 0.25) is 0 Å². The van der Waals surface area contributed by atoms with Crippen molar-refractivity contribution in [3.8, 4) is 0 Å². The van der Waals surface area contributed by atoms with Gasteiger partial charge in [-0.1, -0.05) is 16.8 Å². The smallest absolute Gasteiger partial charge is 0.300 e. The van der Waals surface area contributed by atoms with Crippen molar-refractivity contribution in [2.45, 2.75) is 26.3 Å². The number of hydrogen-bond acceptors (Lipinski definition) is 4. The lowest BCUT2D eigenvalue weighted by molar-refractivity contribution is 0.136. The van der Waals surface area contributed by atoms with Gasteiger partial charge in [0.1, 0.15) is 0 Å². The van der Waals surface area contributed by atoms with Crippen LogP contribution in [0.1, 0.15) is 31.5 Å². The van der Waals surface area contributed by atoms with Crippen LogP contribution >= 0.6 is 0 Å². The third kappa shape index (κ3) is 2.63. The first-order valence-electron chi connectivity index (χ1n) is 5.14. The fraction of sp³-hybridized carbons (Fsp3) is 0.600. The van der Waals surface area contributed by atoms with Crippen LogP contribution in [0.4, 0.5) is 8.78 Å². The summed E-state index contributed by atoms with van der Waals surface area (Å²) < 4.78 is 29.2. The highest BCUT2D eigenvalue weighted by molar-refractivity contribution is 5.05. The van der Waals surface area contributed by atoms with E-state index < -0.39 is 12.2 Å². The van der Waals surface area contributed by atoms with Crippen LogP contribution in [0.3, 0.4) is 0 Å². The van der Waals surface area contributed by atoms with E-state index in [9.17, 15) is 8.78 Å². The summed E-state index contributed by atoms with van der Waals surface area (Å²) in [6.07, 6.45) is 0.483. The highest BCUT2D eigenvalue weighted by Crippen LogP contribution is 2.16. The minimum atomic E-state index is -2.67. The van der Waals surface area contributed by atoms with Crippen LogP contribution in [0.25, 0.3) is 0 Å². The van der Waals surface area contributed by atoms with Gasteiger partial charge in [0.2, 0.25) is 11.7 Å². The molecule has 0 amide bonds. The molecule has 16 heavy (non-hydrogen) atoms. The van der Waals surface area contributed by atoms with Gasteiger partial charge in [-0.25, -0.2) is 8.78 Å². The molecule has 88 valence electrons. The normalized spacial score (nSPS) is 17.9. The van der Waals surface area contributed by atoms with Crippen molar-refractivity contribution in [1.82, 2.24) is 15.0 Å². The van der Waals surface area contributed by atoms with Gasteiger partial charge in [0.15, 0.2) is 0 Å². The molecule has 0 aromatic carbocycles. The predicted octanol–water partition coefficient (Wildman–Crippen LogP) is 2.16. The molecule has 1 aromatic rings. The quantitative estimate of drug-likeness (QED) is 0.745.